The molecule has 1 aromatic carbocycles. The van der Waals surface area contributed by atoms with Crippen molar-refractivity contribution in [2.45, 2.75) is 12.8 Å². The predicted molar refractivity (Wildman–Crippen MR) is 67.0 cm³/mol. The second-order valence-corrected chi connectivity index (χ2v) is 3.50. The Kier molecular flexibility index (Phi) is 6.89. The number of rotatable bonds is 6. The van der Waals surface area contributed by atoms with Gasteiger partial charge in [-0.2, -0.15) is 0 Å². The van der Waals surface area contributed by atoms with Gasteiger partial charge in [-0.05, 0) is 25.0 Å². The van der Waals surface area contributed by atoms with Crippen LogP contribution in [-0.2, 0) is 4.74 Å². The van der Waals surface area contributed by atoms with Crippen LogP contribution in [-0.4, -0.2) is 32.0 Å². The summed E-state index contributed by atoms with van der Waals surface area (Å²) in [4.78, 5) is 0. The molecule has 1 N–H and O–H groups in total. The molecule has 0 aliphatic rings. The van der Waals surface area contributed by atoms with Crippen LogP contribution in [0.3, 0.4) is 0 Å². The normalized spacial score (nSPS) is 9.53. The number of para-hydroxylation sites is 1. The van der Waals surface area contributed by atoms with E-state index in [0.29, 0.717) is 6.61 Å². The van der Waals surface area contributed by atoms with E-state index in [4.69, 9.17) is 14.6 Å². The third-order valence-corrected chi connectivity index (χ3v) is 2.19. The van der Waals surface area contributed by atoms with Crippen molar-refractivity contribution in [3.05, 3.63) is 29.8 Å². The first kappa shape index (κ1) is 13.6. The molecular formula is C14H18O3. The van der Waals surface area contributed by atoms with Gasteiger partial charge in [-0.3, -0.25) is 0 Å². The number of aliphatic hydroxyl groups excluding tert-OH is 1. The Bertz CT molecular complexity index is 377. The van der Waals surface area contributed by atoms with Crippen molar-refractivity contribution in [2.24, 2.45) is 0 Å². The topological polar surface area (TPSA) is 38.7 Å². The zero-order valence-corrected chi connectivity index (χ0v) is 10.1. The molecule has 0 atom stereocenters. The van der Waals surface area contributed by atoms with E-state index in [1.807, 2.05) is 24.3 Å². The first-order chi connectivity index (χ1) is 8.38. The molecule has 17 heavy (non-hydrogen) atoms. The van der Waals surface area contributed by atoms with E-state index < -0.39 is 0 Å². The number of methoxy groups -OCH3 is 1. The fourth-order valence-electron chi connectivity index (χ4n) is 1.36. The Balaban J connectivity index is 2.46. The van der Waals surface area contributed by atoms with Crippen LogP contribution in [0.1, 0.15) is 18.4 Å². The lowest BCUT2D eigenvalue weighted by atomic mass is 10.2. The number of benzene rings is 1. The first-order valence-corrected chi connectivity index (χ1v) is 5.69. The van der Waals surface area contributed by atoms with Gasteiger partial charge in [0.05, 0.1) is 12.2 Å². The highest BCUT2D eigenvalue weighted by Crippen LogP contribution is 2.16. The summed E-state index contributed by atoms with van der Waals surface area (Å²) in [5.74, 6) is 6.26. The molecule has 3 heteroatoms. The van der Waals surface area contributed by atoms with Gasteiger partial charge in [0, 0.05) is 13.7 Å². The Morgan fingerprint density at radius 3 is 2.71 bits per heavy atom. The standard InChI is InChI=1S/C14H18O3/c1-16-11-4-5-12-17-14-9-3-2-7-13(14)8-6-10-15/h2-3,7,9,15H,4-5,10-12H2,1H3. The van der Waals surface area contributed by atoms with Crippen LogP contribution in [0.5, 0.6) is 5.75 Å². The summed E-state index contributed by atoms with van der Waals surface area (Å²) in [6.45, 7) is 1.28. The largest absolute Gasteiger partial charge is 0.492 e. The number of unbranched alkanes of at least 4 members (excludes halogenated alkanes) is 1. The number of hydrogen-bond acceptors (Lipinski definition) is 3. The minimum absolute atomic E-state index is 0.137. The second-order valence-electron chi connectivity index (χ2n) is 3.50. The molecule has 0 heterocycles. The molecule has 0 aromatic heterocycles. The van der Waals surface area contributed by atoms with E-state index in [0.717, 1.165) is 30.8 Å². The van der Waals surface area contributed by atoms with Crippen LogP contribution in [0.15, 0.2) is 24.3 Å². The Labute approximate surface area is 102 Å². The van der Waals surface area contributed by atoms with Crippen molar-refractivity contribution >= 4 is 0 Å². The quantitative estimate of drug-likeness (QED) is 0.603. The molecule has 0 saturated heterocycles. The monoisotopic (exact) mass is 234 g/mol. The lowest BCUT2D eigenvalue weighted by Crippen LogP contribution is -2.00. The fourth-order valence-corrected chi connectivity index (χ4v) is 1.36. The number of ether oxygens (including phenoxy) is 2. The highest BCUT2D eigenvalue weighted by molar-refractivity contribution is 5.45. The zero-order chi connectivity index (χ0) is 12.3. The molecule has 92 valence electrons. The Morgan fingerprint density at radius 2 is 1.94 bits per heavy atom. The van der Waals surface area contributed by atoms with E-state index in [1.54, 1.807) is 7.11 Å². The maximum absolute atomic E-state index is 8.66. The summed E-state index contributed by atoms with van der Waals surface area (Å²) < 4.78 is 10.6. The molecule has 0 aliphatic carbocycles. The number of aliphatic hydroxyl groups is 1. The van der Waals surface area contributed by atoms with Crippen LogP contribution in [0.4, 0.5) is 0 Å². The first-order valence-electron chi connectivity index (χ1n) is 5.69. The minimum Gasteiger partial charge on any atom is -0.492 e. The average Bonchev–Trinajstić information content (AvgIpc) is 2.37. The van der Waals surface area contributed by atoms with Crippen molar-refractivity contribution in [2.75, 3.05) is 26.9 Å². The molecule has 0 bridgehead atoms. The molecule has 1 rings (SSSR count). The summed E-state index contributed by atoms with van der Waals surface area (Å²) in [7, 11) is 1.70. The SMILES string of the molecule is COCCCCOc1ccccc1C#CCO. The highest BCUT2D eigenvalue weighted by atomic mass is 16.5. The van der Waals surface area contributed by atoms with Gasteiger partial charge in [-0.1, -0.05) is 24.0 Å². The van der Waals surface area contributed by atoms with Crippen LogP contribution >= 0.6 is 0 Å². The molecule has 3 nitrogen and oxygen atoms in total. The second kappa shape index (κ2) is 8.63. The van der Waals surface area contributed by atoms with Gasteiger partial charge in [-0.25, -0.2) is 0 Å². The smallest absolute Gasteiger partial charge is 0.134 e. The molecule has 0 aliphatic heterocycles. The molecule has 0 saturated carbocycles. The van der Waals surface area contributed by atoms with Crippen molar-refractivity contribution < 1.29 is 14.6 Å². The molecule has 1 aromatic rings. The van der Waals surface area contributed by atoms with E-state index >= 15 is 0 Å². The van der Waals surface area contributed by atoms with Gasteiger partial charge in [-0.15, -0.1) is 0 Å². The highest BCUT2D eigenvalue weighted by Gasteiger charge is 1.99. The molecule has 0 fully saturated rings. The molecule has 0 spiro atoms. The summed E-state index contributed by atoms with van der Waals surface area (Å²) >= 11 is 0. The zero-order valence-electron chi connectivity index (χ0n) is 10.1. The van der Waals surface area contributed by atoms with Crippen LogP contribution < -0.4 is 4.74 Å². The Hall–Kier alpha value is -1.50. The van der Waals surface area contributed by atoms with Gasteiger partial charge in [0.1, 0.15) is 12.4 Å². The summed E-state index contributed by atoms with van der Waals surface area (Å²) in [5, 5.41) is 8.66. The molecular weight excluding hydrogens is 216 g/mol. The summed E-state index contributed by atoms with van der Waals surface area (Å²) in [6.07, 6.45) is 1.94. The fraction of sp³-hybridized carbons (Fsp3) is 0.429. The lowest BCUT2D eigenvalue weighted by molar-refractivity contribution is 0.184. The van der Waals surface area contributed by atoms with Gasteiger partial charge in [0.25, 0.3) is 0 Å². The van der Waals surface area contributed by atoms with E-state index in [2.05, 4.69) is 11.8 Å². The van der Waals surface area contributed by atoms with Crippen LogP contribution in [0, 0.1) is 11.8 Å². The summed E-state index contributed by atoms with van der Waals surface area (Å²) in [5.41, 5.74) is 0.813. The molecule has 0 unspecified atom stereocenters. The van der Waals surface area contributed by atoms with Gasteiger partial charge < -0.3 is 14.6 Å². The predicted octanol–water partition coefficient (Wildman–Crippen LogP) is 1.84. The minimum atomic E-state index is -0.137. The van der Waals surface area contributed by atoms with Crippen LogP contribution in [0.2, 0.25) is 0 Å². The summed E-state index contributed by atoms with van der Waals surface area (Å²) in [6, 6.07) is 7.58. The van der Waals surface area contributed by atoms with Crippen molar-refractivity contribution in [1.82, 2.24) is 0 Å². The maximum atomic E-state index is 8.66. The van der Waals surface area contributed by atoms with E-state index in [1.165, 1.54) is 0 Å². The third kappa shape index (κ3) is 5.39. The van der Waals surface area contributed by atoms with E-state index in [9.17, 15) is 0 Å². The average molecular weight is 234 g/mol. The Morgan fingerprint density at radius 1 is 1.18 bits per heavy atom. The third-order valence-electron chi connectivity index (χ3n) is 2.19. The van der Waals surface area contributed by atoms with Crippen molar-refractivity contribution in [1.29, 1.82) is 0 Å². The van der Waals surface area contributed by atoms with E-state index in [-0.39, 0.29) is 6.61 Å². The van der Waals surface area contributed by atoms with Crippen LogP contribution in [0.25, 0.3) is 0 Å². The number of hydrogen-bond donors (Lipinski definition) is 1. The van der Waals surface area contributed by atoms with Crippen molar-refractivity contribution in [3.63, 3.8) is 0 Å². The van der Waals surface area contributed by atoms with Gasteiger partial charge in [0.15, 0.2) is 0 Å². The molecule has 0 amide bonds. The molecule has 0 radical (unpaired) electrons. The van der Waals surface area contributed by atoms with Gasteiger partial charge >= 0.3 is 0 Å². The van der Waals surface area contributed by atoms with Gasteiger partial charge in [0.2, 0.25) is 0 Å². The maximum Gasteiger partial charge on any atom is 0.134 e. The van der Waals surface area contributed by atoms with Crippen molar-refractivity contribution in [3.8, 4) is 17.6 Å². The lowest BCUT2D eigenvalue weighted by Gasteiger charge is -2.07.